The van der Waals surface area contributed by atoms with Gasteiger partial charge in [0.05, 0.1) is 0 Å². The molecule has 133 valence electrons. The Bertz CT molecular complexity index is 362. The molecule has 3 aliphatic rings. The summed E-state index contributed by atoms with van der Waals surface area (Å²) in [5.74, 6) is 0.0405. The van der Waals surface area contributed by atoms with E-state index in [2.05, 4.69) is 45.6 Å². The second kappa shape index (κ2) is 7.76. The average Bonchev–Trinajstić information content (AvgIpc) is 2.71. The van der Waals surface area contributed by atoms with Crippen molar-refractivity contribution in [3.05, 3.63) is 0 Å². The Morgan fingerprint density at radius 3 is 2.17 bits per heavy atom. The van der Waals surface area contributed by atoms with Crippen molar-refractivity contribution < 1.29 is 0 Å². The van der Waals surface area contributed by atoms with Gasteiger partial charge in [-0.1, -0.05) is 0 Å². The van der Waals surface area contributed by atoms with Crippen molar-refractivity contribution in [3.8, 4) is 0 Å². The molecule has 23 heavy (non-hydrogen) atoms. The first-order valence-electron chi connectivity index (χ1n) is 9.34. The normalized spacial score (nSPS) is 32.9. The molecule has 3 saturated heterocycles. The van der Waals surface area contributed by atoms with Crippen LogP contribution in [0.2, 0.25) is 0 Å². The standard InChI is InChI=1S/C17H35N6/c1-19(2)9-11-21-12-15-23(16-13-21)17(5-6-18-17)22-8-4-7-20(3)10-14-22/h4-16H2,1-3H3. The van der Waals surface area contributed by atoms with Crippen LogP contribution in [0.3, 0.4) is 0 Å². The van der Waals surface area contributed by atoms with Crippen LogP contribution in [-0.2, 0) is 0 Å². The van der Waals surface area contributed by atoms with Gasteiger partial charge in [-0.25, -0.2) is 5.32 Å². The average molecular weight is 324 g/mol. The van der Waals surface area contributed by atoms with E-state index in [1.807, 2.05) is 0 Å². The maximum atomic E-state index is 5.02. The van der Waals surface area contributed by atoms with Crippen LogP contribution in [0.1, 0.15) is 12.8 Å². The predicted molar refractivity (Wildman–Crippen MR) is 94.6 cm³/mol. The molecule has 0 amide bonds. The van der Waals surface area contributed by atoms with Crippen molar-refractivity contribution in [1.29, 1.82) is 0 Å². The molecule has 0 bridgehead atoms. The van der Waals surface area contributed by atoms with E-state index in [0.717, 1.165) is 13.1 Å². The third-order valence-electron chi connectivity index (χ3n) is 5.78. The number of nitrogens with zero attached hydrogens (tertiary/aromatic N) is 6. The fourth-order valence-electron chi connectivity index (χ4n) is 4.10. The summed E-state index contributed by atoms with van der Waals surface area (Å²) in [6.07, 6.45) is 2.50. The lowest BCUT2D eigenvalue weighted by atomic mass is 10.0. The highest BCUT2D eigenvalue weighted by Crippen LogP contribution is 2.31. The molecule has 3 aliphatic heterocycles. The van der Waals surface area contributed by atoms with E-state index in [0.29, 0.717) is 0 Å². The van der Waals surface area contributed by atoms with E-state index in [1.54, 1.807) is 0 Å². The van der Waals surface area contributed by atoms with E-state index < -0.39 is 0 Å². The van der Waals surface area contributed by atoms with E-state index in [9.17, 15) is 0 Å². The predicted octanol–water partition coefficient (Wildman–Crippen LogP) is -0.535. The monoisotopic (exact) mass is 323 g/mol. The minimum atomic E-state index is 0.0405. The fourth-order valence-corrected chi connectivity index (χ4v) is 4.10. The molecule has 6 nitrogen and oxygen atoms in total. The largest absolute Gasteiger partial charge is 0.308 e. The third-order valence-corrected chi connectivity index (χ3v) is 5.78. The van der Waals surface area contributed by atoms with Gasteiger partial charge in [0.2, 0.25) is 0 Å². The van der Waals surface area contributed by atoms with E-state index in [1.165, 1.54) is 71.7 Å². The Balaban J connectivity index is 1.54. The second-order valence-corrected chi connectivity index (χ2v) is 7.68. The van der Waals surface area contributed by atoms with Gasteiger partial charge in [0.25, 0.3) is 0 Å². The summed E-state index contributed by atoms with van der Waals surface area (Å²) in [5, 5.41) is 5.02. The summed E-state index contributed by atoms with van der Waals surface area (Å²) >= 11 is 0. The van der Waals surface area contributed by atoms with Crippen LogP contribution in [-0.4, -0.2) is 123 Å². The van der Waals surface area contributed by atoms with Gasteiger partial charge in [0, 0.05) is 71.9 Å². The maximum Gasteiger partial charge on any atom is 0.145 e. The Morgan fingerprint density at radius 2 is 1.57 bits per heavy atom. The quantitative estimate of drug-likeness (QED) is 0.678. The minimum Gasteiger partial charge on any atom is -0.308 e. The molecule has 3 fully saturated rings. The number of likely N-dealkylation sites (N-methyl/N-ethyl adjacent to an activating group) is 2. The van der Waals surface area contributed by atoms with Crippen LogP contribution in [0.15, 0.2) is 0 Å². The lowest BCUT2D eigenvalue weighted by Crippen LogP contribution is -2.75. The van der Waals surface area contributed by atoms with Crippen molar-refractivity contribution in [2.75, 3.05) is 93.1 Å². The molecule has 0 N–H and O–H groups in total. The molecule has 0 aliphatic carbocycles. The highest BCUT2D eigenvalue weighted by atomic mass is 15.6. The molecule has 3 heterocycles. The fraction of sp³-hybridized carbons (Fsp3) is 1.00. The summed E-state index contributed by atoms with van der Waals surface area (Å²) in [6, 6.07) is 0. The smallest absolute Gasteiger partial charge is 0.145 e. The Morgan fingerprint density at radius 1 is 0.913 bits per heavy atom. The van der Waals surface area contributed by atoms with Crippen LogP contribution in [0, 0.1) is 0 Å². The van der Waals surface area contributed by atoms with Gasteiger partial charge in [-0.15, -0.1) is 0 Å². The Hall–Kier alpha value is -0.240. The van der Waals surface area contributed by atoms with E-state index in [4.69, 9.17) is 5.32 Å². The molecule has 0 spiro atoms. The highest BCUT2D eigenvalue weighted by Gasteiger charge is 2.49. The number of piperazine rings is 1. The molecule has 0 aromatic rings. The Labute approximate surface area is 142 Å². The molecule has 1 unspecified atom stereocenters. The lowest BCUT2D eigenvalue weighted by Gasteiger charge is -2.57. The number of rotatable bonds is 5. The number of hydrogen-bond donors (Lipinski definition) is 0. The molecular formula is C17H35N6. The zero-order valence-electron chi connectivity index (χ0n) is 15.4. The van der Waals surface area contributed by atoms with Gasteiger partial charge in [-0.2, -0.15) is 0 Å². The van der Waals surface area contributed by atoms with Crippen molar-refractivity contribution in [3.63, 3.8) is 0 Å². The first kappa shape index (κ1) is 17.6. The van der Waals surface area contributed by atoms with Crippen LogP contribution >= 0.6 is 0 Å². The molecule has 0 aromatic carbocycles. The lowest BCUT2D eigenvalue weighted by molar-refractivity contribution is -0.146. The Kier molecular flexibility index (Phi) is 5.93. The molecule has 1 atom stereocenters. The van der Waals surface area contributed by atoms with Gasteiger partial charge in [-0.05, 0) is 34.1 Å². The second-order valence-electron chi connectivity index (χ2n) is 7.68. The van der Waals surface area contributed by atoms with Gasteiger partial charge >= 0.3 is 0 Å². The van der Waals surface area contributed by atoms with Gasteiger partial charge in [0.15, 0.2) is 0 Å². The van der Waals surface area contributed by atoms with E-state index in [-0.39, 0.29) is 5.79 Å². The first-order valence-corrected chi connectivity index (χ1v) is 9.34. The topological polar surface area (TPSA) is 30.3 Å². The summed E-state index contributed by atoms with van der Waals surface area (Å²) < 4.78 is 0. The summed E-state index contributed by atoms with van der Waals surface area (Å²) in [7, 11) is 6.57. The van der Waals surface area contributed by atoms with Crippen LogP contribution < -0.4 is 5.32 Å². The summed E-state index contributed by atoms with van der Waals surface area (Å²) in [5.41, 5.74) is 0. The van der Waals surface area contributed by atoms with Gasteiger partial charge in [0.1, 0.15) is 5.79 Å². The molecule has 0 aromatic heterocycles. The van der Waals surface area contributed by atoms with Crippen molar-refractivity contribution in [2.45, 2.75) is 18.6 Å². The zero-order valence-corrected chi connectivity index (χ0v) is 15.4. The van der Waals surface area contributed by atoms with Crippen LogP contribution in [0.25, 0.3) is 0 Å². The first-order chi connectivity index (χ1) is 11.1. The molecule has 1 radical (unpaired) electrons. The van der Waals surface area contributed by atoms with Gasteiger partial charge < -0.3 is 9.80 Å². The van der Waals surface area contributed by atoms with Crippen molar-refractivity contribution in [1.82, 2.24) is 29.8 Å². The van der Waals surface area contributed by atoms with Crippen molar-refractivity contribution in [2.24, 2.45) is 0 Å². The molecule has 6 heteroatoms. The maximum absolute atomic E-state index is 5.02. The van der Waals surface area contributed by atoms with E-state index >= 15 is 0 Å². The van der Waals surface area contributed by atoms with Crippen LogP contribution in [0.5, 0.6) is 0 Å². The highest BCUT2D eigenvalue weighted by molar-refractivity contribution is 4.98. The minimum absolute atomic E-state index is 0.0405. The summed E-state index contributed by atoms with van der Waals surface area (Å²) in [4.78, 5) is 12.7. The summed E-state index contributed by atoms with van der Waals surface area (Å²) in [6.45, 7) is 12.9. The van der Waals surface area contributed by atoms with Crippen LogP contribution in [0.4, 0.5) is 0 Å². The molecular weight excluding hydrogens is 288 g/mol. The molecule has 0 saturated carbocycles. The van der Waals surface area contributed by atoms with Crippen molar-refractivity contribution >= 4 is 0 Å². The van der Waals surface area contributed by atoms with Gasteiger partial charge in [-0.3, -0.25) is 14.7 Å². The molecule has 3 rings (SSSR count). The third kappa shape index (κ3) is 4.06. The number of hydrogen-bond acceptors (Lipinski definition) is 5. The zero-order chi connectivity index (χ0) is 16.3. The SMILES string of the molecule is CN(C)CCN1CCN(C2(N3CCCN(C)CC3)CC[N]2)CC1.